The molecule has 0 aliphatic carbocycles. The summed E-state index contributed by atoms with van der Waals surface area (Å²) in [7, 11) is -2.20. The van der Waals surface area contributed by atoms with Crippen LogP contribution in [0.25, 0.3) is 11.1 Å². The van der Waals surface area contributed by atoms with Gasteiger partial charge in [-0.15, -0.1) is 0 Å². The molecule has 8 heteroatoms. The molecule has 0 aliphatic heterocycles. The van der Waals surface area contributed by atoms with E-state index in [0.29, 0.717) is 23.4 Å². The van der Waals surface area contributed by atoms with E-state index in [2.05, 4.69) is 10.0 Å². The van der Waals surface area contributed by atoms with Gasteiger partial charge in [0.15, 0.2) is 11.6 Å². The maximum Gasteiger partial charge on any atom is 0.261 e. The summed E-state index contributed by atoms with van der Waals surface area (Å²) in [6.45, 7) is 0.328. The fourth-order valence-corrected chi connectivity index (χ4v) is 3.92. The molecule has 3 rings (SSSR count). The van der Waals surface area contributed by atoms with E-state index in [9.17, 15) is 22.3 Å². The zero-order valence-electron chi connectivity index (χ0n) is 15.6. The summed E-state index contributed by atoms with van der Waals surface area (Å²) in [5.74, 6) is -1.96. The Morgan fingerprint density at radius 2 is 1.69 bits per heavy atom. The number of sulfonamides is 1. The molecular weight excluding hydrogens is 398 g/mol. The first-order valence-electron chi connectivity index (χ1n) is 8.81. The summed E-state index contributed by atoms with van der Waals surface area (Å²) in [4.78, 5) is -0.0285. The molecule has 3 aromatic carbocycles. The fourth-order valence-electron chi connectivity index (χ4n) is 2.88. The van der Waals surface area contributed by atoms with Crippen LogP contribution in [0, 0.1) is 11.6 Å². The summed E-state index contributed by atoms with van der Waals surface area (Å²) >= 11 is 0. The lowest BCUT2D eigenvalue weighted by Crippen LogP contribution is -2.17. The number of hydrogen-bond acceptors (Lipinski definition) is 4. The lowest BCUT2D eigenvalue weighted by molar-refractivity contribution is 0.178. The van der Waals surface area contributed by atoms with Gasteiger partial charge in [0.05, 0.1) is 11.0 Å². The fraction of sp³-hybridized carbons (Fsp3) is 0.143. The van der Waals surface area contributed by atoms with Crippen LogP contribution in [0.1, 0.15) is 11.7 Å². The molecule has 1 atom stereocenters. The quantitative estimate of drug-likeness (QED) is 0.547. The normalized spacial score (nSPS) is 12.6. The van der Waals surface area contributed by atoms with E-state index in [0.717, 1.165) is 6.07 Å². The smallest absolute Gasteiger partial charge is 0.261 e. The number of aliphatic hydroxyl groups excluding tert-OH is 1. The Balaban J connectivity index is 1.83. The van der Waals surface area contributed by atoms with Crippen LogP contribution in [0.15, 0.2) is 71.6 Å². The first kappa shape index (κ1) is 20.9. The molecule has 0 bridgehead atoms. The van der Waals surface area contributed by atoms with Crippen LogP contribution in [0.5, 0.6) is 0 Å². The summed E-state index contributed by atoms with van der Waals surface area (Å²) in [5, 5.41) is 12.9. The largest absolute Gasteiger partial charge is 0.387 e. The zero-order chi connectivity index (χ0) is 21.0. The van der Waals surface area contributed by atoms with Crippen molar-refractivity contribution in [2.75, 3.05) is 18.3 Å². The Kier molecular flexibility index (Phi) is 6.26. The van der Waals surface area contributed by atoms with Gasteiger partial charge >= 0.3 is 0 Å². The Labute approximate surface area is 168 Å². The molecule has 0 saturated heterocycles. The van der Waals surface area contributed by atoms with Crippen LogP contribution in [0.3, 0.4) is 0 Å². The van der Waals surface area contributed by atoms with Crippen molar-refractivity contribution in [1.29, 1.82) is 0 Å². The first-order chi connectivity index (χ1) is 13.8. The Morgan fingerprint density at radius 3 is 2.38 bits per heavy atom. The molecule has 5 nitrogen and oxygen atoms in total. The van der Waals surface area contributed by atoms with Gasteiger partial charge in [0.2, 0.25) is 0 Å². The van der Waals surface area contributed by atoms with E-state index < -0.39 is 27.8 Å². The van der Waals surface area contributed by atoms with Crippen LogP contribution in [0.4, 0.5) is 14.5 Å². The van der Waals surface area contributed by atoms with E-state index in [1.54, 1.807) is 31.3 Å². The second kappa shape index (κ2) is 8.69. The third kappa shape index (κ3) is 4.79. The topological polar surface area (TPSA) is 78.4 Å². The SMILES string of the molecule is CNCC(O)c1cccc(NS(=O)(=O)c2ccc(-c3cccc(F)c3F)cc2)c1. The number of likely N-dealkylation sites (N-methyl/N-ethyl adjacent to an activating group) is 1. The van der Waals surface area contributed by atoms with Crippen molar-refractivity contribution in [3.05, 3.63) is 83.9 Å². The summed E-state index contributed by atoms with van der Waals surface area (Å²) in [6.07, 6.45) is -0.773. The molecule has 0 spiro atoms. The van der Waals surface area contributed by atoms with E-state index in [1.807, 2.05) is 0 Å². The van der Waals surface area contributed by atoms with Crippen molar-refractivity contribution in [3.63, 3.8) is 0 Å². The zero-order valence-corrected chi connectivity index (χ0v) is 16.4. The van der Waals surface area contributed by atoms with Crippen molar-refractivity contribution in [2.45, 2.75) is 11.0 Å². The monoisotopic (exact) mass is 418 g/mol. The first-order valence-corrected chi connectivity index (χ1v) is 10.3. The standard InChI is InChI=1S/C21H20F2N2O3S/c1-24-13-20(26)15-4-2-5-16(12-15)25-29(27,28)17-10-8-14(9-11-17)18-6-3-7-19(22)21(18)23/h2-12,20,24-26H,13H2,1H3. The molecule has 0 saturated carbocycles. The number of anilines is 1. The molecule has 3 aromatic rings. The predicted octanol–water partition coefficient (Wildman–Crippen LogP) is 3.69. The van der Waals surface area contributed by atoms with Gasteiger partial charge in [0, 0.05) is 17.8 Å². The van der Waals surface area contributed by atoms with E-state index in [-0.39, 0.29) is 10.5 Å². The molecule has 3 N–H and O–H groups in total. The molecule has 29 heavy (non-hydrogen) atoms. The average Bonchev–Trinajstić information content (AvgIpc) is 2.70. The molecule has 0 radical (unpaired) electrons. The lowest BCUT2D eigenvalue weighted by Gasteiger charge is -2.13. The van der Waals surface area contributed by atoms with E-state index in [1.165, 1.54) is 36.4 Å². The molecule has 0 fully saturated rings. The molecule has 0 aliphatic rings. The molecule has 1 unspecified atom stereocenters. The Bertz CT molecular complexity index is 1100. The second-order valence-corrected chi connectivity index (χ2v) is 8.11. The predicted molar refractivity (Wildman–Crippen MR) is 108 cm³/mol. The highest BCUT2D eigenvalue weighted by Crippen LogP contribution is 2.26. The van der Waals surface area contributed by atoms with Crippen LogP contribution in [-0.2, 0) is 10.0 Å². The summed E-state index contributed by atoms with van der Waals surface area (Å²) in [6, 6.07) is 15.8. The third-order valence-electron chi connectivity index (χ3n) is 4.35. The van der Waals surface area contributed by atoms with Crippen LogP contribution >= 0.6 is 0 Å². The highest BCUT2D eigenvalue weighted by Gasteiger charge is 2.16. The Morgan fingerprint density at radius 1 is 1.00 bits per heavy atom. The molecule has 152 valence electrons. The molecular formula is C21H20F2N2O3S. The maximum absolute atomic E-state index is 13.9. The van der Waals surface area contributed by atoms with Gasteiger partial charge in [-0.05, 0) is 48.5 Å². The highest BCUT2D eigenvalue weighted by atomic mass is 32.2. The molecule has 0 amide bonds. The number of hydrogen-bond donors (Lipinski definition) is 3. The minimum absolute atomic E-state index is 0.0285. The van der Waals surface area contributed by atoms with Crippen molar-refractivity contribution in [2.24, 2.45) is 0 Å². The van der Waals surface area contributed by atoms with Crippen molar-refractivity contribution in [1.82, 2.24) is 5.32 Å². The number of nitrogens with one attached hydrogen (secondary N) is 2. The number of benzene rings is 3. The maximum atomic E-state index is 13.9. The Hall–Kier alpha value is -2.81. The number of rotatable bonds is 7. The second-order valence-electron chi connectivity index (χ2n) is 6.43. The van der Waals surface area contributed by atoms with Gasteiger partial charge in [0.25, 0.3) is 10.0 Å². The lowest BCUT2D eigenvalue weighted by atomic mass is 10.1. The van der Waals surface area contributed by atoms with Gasteiger partial charge in [-0.1, -0.05) is 36.4 Å². The van der Waals surface area contributed by atoms with Gasteiger partial charge in [-0.2, -0.15) is 0 Å². The van der Waals surface area contributed by atoms with Gasteiger partial charge < -0.3 is 10.4 Å². The average molecular weight is 418 g/mol. The number of aliphatic hydroxyl groups is 1. The molecule has 0 aromatic heterocycles. The van der Waals surface area contributed by atoms with Gasteiger partial charge in [-0.3, -0.25) is 4.72 Å². The summed E-state index contributed by atoms with van der Waals surface area (Å²) in [5.41, 5.74) is 1.28. The summed E-state index contributed by atoms with van der Waals surface area (Å²) < 4.78 is 55.1. The van der Waals surface area contributed by atoms with Crippen molar-refractivity contribution in [3.8, 4) is 11.1 Å². The molecule has 0 heterocycles. The minimum Gasteiger partial charge on any atom is -0.387 e. The minimum atomic E-state index is -3.90. The highest BCUT2D eigenvalue weighted by molar-refractivity contribution is 7.92. The van der Waals surface area contributed by atoms with Gasteiger partial charge in [0.1, 0.15) is 0 Å². The van der Waals surface area contributed by atoms with E-state index in [4.69, 9.17) is 0 Å². The van der Waals surface area contributed by atoms with Crippen LogP contribution < -0.4 is 10.0 Å². The van der Waals surface area contributed by atoms with E-state index >= 15 is 0 Å². The number of halogens is 2. The van der Waals surface area contributed by atoms with Gasteiger partial charge in [-0.25, -0.2) is 17.2 Å². The van der Waals surface area contributed by atoms with Crippen molar-refractivity contribution < 1.29 is 22.3 Å². The van der Waals surface area contributed by atoms with Crippen molar-refractivity contribution >= 4 is 15.7 Å². The third-order valence-corrected chi connectivity index (χ3v) is 5.75. The van der Waals surface area contributed by atoms with Crippen LogP contribution in [-0.4, -0.2) is 27.1 Å². The van der Waals surface area contributed by atoms with Crippen LogP contribution in [0.2, 0.25) is 0 Å².